The Morgan fingerprint density at radius 2 is 0.943 bits per heavy atom. The summed E-state index contributed by atoms with van der Waals surface area (Å²) in [5, 5.41) is 3.61. The van der Waals surface area contributed by atoms with Crippen LogP contribution in [0.3, 0.4) is 0 Å². The number of nitrogens with two attached hydrogens (primary N) is 2. The van der Waals surface area contributed by atoms with Crippen LogP contribution in [0.2, 0.25) is 0 Å². The first kappa shape index (κ1) is 26.3. The van der Waals surface area contributed by atoms with Gasteiger partial charge >= 0.3 is 24.0 Å². The molecule has 0 aliphatic heterocycles. The van der Waals surface area contributed by atoms with Gasteiger partial charge in [-0.15, -0.1) is 0 Å². The molecular formula is C22H22N4O9. The summed E-state index contributed by atoms with van der Waals surface area (Å²) in [5.41, 5.74) is 9.94. The lowest BCUT2D eigenvalue weighted by atomic mass is 10.2. The predicted molar refractivity (Wildman–Crippen MR) is 118 cm³/mol. The molecule has 6 N–H and O–H groups in total. The smallest absolute Gasteiger partial charge is 0.338 e. The molecule has 0 heterocycles. The van der Waals surface area contributed by atoms with Crippen molar-refractivity contribution in [1.82, 2.24) is 10.6 Å². The second-order valence-electron chi connectivity index (χ2n) is 6.95. The number of esters is 2. The molecule has 0 spiro atoms. The van der Waals surface area contributed by atoms with E-state index in [9.17, 15) is 28.8 Å². The summed E-state index contributed by atoms with van der Waals surface area (Å²) in [6.07, 6.45) is -2.48. The molecule has 0 aliphatic carbocycles. The summed E-state index contributed by atoms with van der Waals surface area (Å²) in [6.45, 7) is 2.56. The molecule has 2 atom stereocenters. The van der Waals surface area contributed by atoms with Crippen molar-refractivity contribution in [3.8, 4) is 11.5 Å². The van der Waals surface area contributed by atoms with Crippen LogP contribution in [0.25, 0.3) is 0 Å². The van der Waals surface area contributed by atoms with E-state index in [0.717, 1.165) is 0 Å². The number of rotatable bonds is 8. The second kappa shape index (κ2) is 11.8. The van der Waals surface area contributed by atoms with Gasteiger partial charge in [0.15, 0.2) is 12.2 Å². The lowest BCUT2D eigenvalue weighted by Gasteiger charge is -2.13. The summed E-state index contributed by atoms with van der Waals surface area (Å²) in [6, 6.07) is 9.40. The molecule has 0 aromatic heterocycles. The minimum absolute atomic E-state index is 0.128. The van der Waals surface area contributed by atoms with Crippen molar-refractivity contribution in [2.45, 2.75) is 26.1 Å². The van der Waals surface area contributed by atoms with Gasteiger partial charge in [-0.25, -0.2) is 19.2 Å². The molecule has 13 heteroatoms. The molecule has 0 aliphatic rings. The summed E-state index contributed by atoms with van der Waals surface area (Å²) in [4.78, 5) is 68.8. The van der Waals surface area contributed by atoms with Crippen LogP contribution in [0.5, 0.6) is 11.5 Å². The molecular weight excluding hydrogens is 464 g/mol. The third-order valence-electron chi connectivity index (χ3n) is 4.21. The van der Waals surface area contributed by atoms with E-state index < -0.39 is 48.0 Å². The van der Waals surface area contributed by atoms with Gasteiger partial charge in [0, 0.05) is 0 Å². The van der Waals surface area contributed by atoms with Gasteiger partial charge in [-0.2, -0.15) is 0 Å². The third kappa shape index (κ3) is 8.16. The molecule has 0 radical (unpaired) electrons. The zero-order valence-electron chi connectivity index (χ0n) is 18.6. The molecule has 6 amide bonds. The Labute approximate surface area is 198 Å². The number of amides is 6. The maximum Gasteiger partial charge on any atom is 0.338 e. The van der Waals surface area contributed by atoms with Crippen LogP contribution in [0, 0.1) is 0 Å². The standard InChI is InChI=1S/C22H22N4O9/c1-11(17(27)25-21(23)31)33-19(29)13-3-7-15(8-4-13)35-16-9-5-14(6-10-16)20(30)34-12(2)18(28)26-22(24)32/h3-12H,1-2H3,(H3,23,25,27,31)(H3,24,26,28,32). The number of carbonyl (C=O) groups is 6. The Bertz CT molecular complexity index is 1040. The molecule has 2 aromatic rings. The maximum absolute atomic E-state index is 12.1. The zero-order chi connectivity index (χ0) is 26.1. The lowest BCUT2D eigenvalue weighted by molar-refractivity contribution is -0.128. The predicted octanol–water partition coefficient (Wildman–Crippen LogP) is 0.959. The number of carbonyl (C=O) groups excluding carboxylic acids is 6. The van der Waals surface area contributed by atoms with Crippen molar-refractivity contribution in [2.75, 3.05) is 0 Å². The van der Waals surface area contributed by atoms with Crippen molar-refractivity contribution in [3.63, 3.8) is 0 Å². The van der Waals surface area contributed by atoms with E-state index in [0.29, 0.717) is 11.5 Å². The van der Waals surface area contributed by atoms with E-state index in [4.69, 9.17) is 25.7 Å². The molecule has 184 valence electrons. The minimum atomic E-state index is -1.24. The first-order chi connectivity index (χ1) is 16.5. The largest absolute Gasteiger partial charge is 0.457 e. The van der Waals surface area contributed by atoms with Gasteiger partial charge in [-0.05, 0) is 62.4 Å². The number of primary amides is 2. The summed E-state index contributed by atoms with van der Waals surface area (Å²) in [7, 11) is 0. The number of hydrogen-bond donors (Lipinski definition) is 4. The number of nitrogens with one attached hydrogen (secondary N) is 2. The Kier molecular flexibility index (Phi) is 8.86. The molecule has 35 heavy (non-hydrogen) atoms. The highest BCUT2D eigenvalue weighted by Gasteiger charge is 2.21. The quantitative estimate of drug-likeness (QED) is 0.391. The SMILES string of the molecule is CC(OC(=O)c1ccc(Oc2ccc(C(=O)OC(C)C(=O)NC(N)=O)cc2)cc1)C(=O)NC(N)=O. The van der Waals surface area contributed by atoms with E-state index >= 15 is 0 Å². The van der Waals surface area contributed by atoms with Crippen LogP contribution in [-0.2, 0) is 19.1 Å². The topological polar surface area (TPSA) is 206 Å². The van der Waals surface area contributed by atoms with Gasteiger partial charge < -0.3 is 25.7 Å². The van der Waals surface area contributed by atoms with E-state index in [1.807, 2.05) is 0 Å². The summed E-state index contributed by atoms with van der Waals surface area (Å²) in [5.74, 6) is -2.61. The van der Waals surface area contributed by atoms with Crippen LogP contribution in [0.4, 0.5) is 9.59 Å². The molecule has 0 bridgehead atoms. The number of urea groups is 2. The molecule has 2 aromatic carbocycles. The number of imide groups is 2. The summed E-state index contributed by atoms with van der Waals surface area (Å²) >= 11 is 0. The van der Waals surface area contributed by atoms with Crippen molar-refractivity contribution in [3.05, 3.63) is 59.7 Å². The maximum atomic E-state index is 12.1. The normalized spacial score (nSPS) is 11.8. The van der Waals surface area contributed by atoms with Crippen LogP contribution >= 0.6 is 0 Å². The van der Waals surface area contributed by atoms with E-state index in [1.165, 1.54) is 62.4 Å². The summed E-state index contributed by atoms with van der Waals surface area (Å²) < 4.78 is 15.6. The lowest BCUT2D eigenvalue weighted by Crippen LogP contribution is -2.42. The van der Waals surface area contributed by atoms with Crippen molar-refractivity contribution >= 4 is 35.8 Å². The van der Waals surface area contributed by atoms with Gasteiger partial charge in [0.25, 0.3) is 11.8 Å². The van der Waals surface area contributed by atoms with E-state index in [-0.39, 0.29) is 11.1 Å². The average molecular weight is 486 g/mol. The molecule has 0 fully saturated rings. The number of ether oxygens (including phenoxy) is 3. The number of benzene rings is 2. The van der Waals surface area contributed by atoms with E-state index in [2.05, 4.69) is 0 Å². The van der Waals surface area contributed by atoms with Crippen molar-refractivity contribution in [1.29, 1.82) is 0 Å². The Hall–Kier alpha value is -4.94. The van der Waals surface area contributed by atoms with Gasteiger partial charge in [-0.1, -0.05) is 0 Å². The van der Waals surface area contributed by atoms with E-state index in [1.54, 1.807) is 10.6 Å². The third-order valence-corrected chi connectivity index (χ3v) is 4.21. The van der Waals surface area contributed by atoms with Gasteiger partial charge in [0.1, 0.15) is 11.5 Å². The Balaban J connectivity index is 1.93. The van der Waals surface area contributed by atoms with Gasteiger partial charge in [-0.3, -0.25) is 20.2 Å². The Morgan fingerprint density at radius 3 is 1.23 bits per heavy atom. The molecule has 13 nitrogen and oxygen atoms in total. The van der Waals surface area contributed by atoms with Crippen molar-refractivity contribution < 1.29 is 43.0 Å². The molecule has 0 saturated carbocycles. The first-order valence-corrected chi connectivity index (χ1v) is 9.96. The zero-order valence-corrected chi connectivity index (χ0v) is 18.6. The molecule has 0 saturated heterocycles. The number of hydrogen-bond acceptors (Lipinski definition) is 9. The fourth-order valence-electron chi connectivity index (χ4n) is 2.46. The fraction of sp³-hybridized carbons (Fsp3) is 0.182. The van der Waals surface area contributed by atoms with Crippen LogP contribution in [-0.4, -0.2) is 48.0 Å². The van der Waals surface area contributed by atoms with Crippen LogP contribution < -0.4 is 26.8 Å². The average Bonchev–Trinajstić information content (AvgIpc) is 2.79. The first-order valence-electron chi connectivity index (χ1n) is 9.96. The molecule has 2 unspecified atom stereocenters. The highest BCUT2D eigenvalue weighted by atomic mass is 16.6. The Morgan fingerprint density at radius 1 is 0.629 bits per heavy atom. The fourth-order valence-corrected chi connectivity index (χ4v) is 2.46. The highest BCUT2D eigenvalue weighted by molar-refractivity contribution is 5.98. The van der Waals surface area contributed by atoms with Gasteiger partial charge in [0.05, 0.1) is 11.1 Å². The van der Waals surface area contributed by atoms with Crippen LogP contribution in [0.15, 0.2) is 48.5 Å². The van der Waals surface area contributed by atoms with Crippen molar-refractivity contribution in [2.24, 2.45) is 11.5 Å². The minimum Gasteiger partial charge on any atom is -0.457 e. The van der Waals surface area contributed by atoms with Crippen LogP contribution in [0.1, 0.15) is 34.6 Å². The molecule has 2 rings (SSSR count). The highest BCUT2D eigenvalue weighted by Crippen LogP contribution is 2.23. The second-order valence-corrected chi connectivity index (χ2v) is 6.95. The van der Waals surface area contributed by atoms with Gasteiger partial charge in [0.2, 0.25) is 0 Å². The monoisotopic (exact) mass is 486 g/mol.